The monoisotopic (exact) mass is 385 g/mol. The number of nitrogens with one attached hydrogen (secondary N) is 1. The van der Waals surface area contributed by atoms with Crippen molar-refractivity contribution in [1.82, 2.24) is 10.2 Å². The van der Waals surface area contributed by atoms with E-state index in [1.165, 1.54) is 13.2 Å². The summed E-state index contributed by atoms with van der Waals surface area (Å²) < 4.78 is 15.9. The average Bonchev–Trinajstić information content (AvgIpc) is 3.15. The maximum atomic E-state index is 12.0. The minimum Gasteiger partial charge on any atom is -0.493 e. The number of carbonyl (C=O) groups excluding carboxylic acids is 1. The standard InChI is InChI=1S/C19H16ClN3O4/c1-25-15-9-7-13(11-16(15)26-2)18-22-23-19(27-18)21-17(24)10-8-12-5-3-4-6-14(12)20/h3-11H,1-2H3,(H,21,23,24)/b10-8+. The molecule has 1 N–H and O–H groups in total. The number of aromatic nitrogens is 2. The summed E-state index contributed by atoms with van der Waals surface area (Å²) in [5, 5.41) is 10.8. The highest BCUT2D eigenvalue weighted by Crippen LogP contribution is 2.32. The van der Waals surface area contributed by atoms with Crippen LogP contribution in [0.2, 0.25) is 5.02 Å². The van der Waals surface area contributed by atoms with E-state index in [1.807, 2.05) is 12.1 Å². The molecule has 7 nitrogen and oxygen atoms in total. The van der Waals surface area contributed by atoms with Gasteiger partial charge in [0.2, 0.25) is 5.89 Å². The molecule has 3 rings (SSSR count). The van der Waals surface area contributed by atoms with Crippen molar-refractivity contribution in [3.05, 3.63) is 59.1 Å². The summed E-state index contributed by atoms with van der Waals surface area (Å²) >= 11 is 6.04. The fraction of sp³-hybridized carbons (Fsp3) is 0.105. The number of halogens is 1. The van der Waals surface area contributed by atoms with Gasteiger partial charge in [0, 0.05) is 16.7 Å². The first-order chi connectivity index (χ1) is 13.1. The molecule has 3 aromatic rings. The van der Waals surface area contributed by atoms with E-state index in [1.54, 1.807) is 43.5 Å². The van der Waals surface area contributed by atoms with Crippen molar-refractivity contribution in [3.8, 4) is 23.0 Å². The van der Waals surface area contributed by atoms with Crippen LogP contribution in [0.5, 0.6) is 11.5 Å². The zero-order valence-corrected chi connectivity index (χ0v) is 15.4. The van der Waals surface area contributed by atoms with Crippen LogP contribution >= 0.6 is 11.6 Å². The summed E-state index contributed by atoms with van der Waals surface area (Å²) in [6.45, 7) is 0. The van der Waals surface area contributed by atoms with Crippen LogP contribution in [0.25, 0.3) is 17.5 Å². The number of carbonyl (C=O) groups is 1. The van der Waals surface area contributed by atoms with Crippen LogP contribution in [0.15, 0.2) is 53.0 Å². The molecule has 0 aliphatic heterocycles. The predicted molar refractivity (Wildman–Crippen MR) is 102 cm³/mol. The zero-order valence-electron chi connectivity index (χ0n) is 14.6. The highest BCUT2D eigenvalue weighted by molar-refractivity contribution is 6.32. The van der Waals surface area contributed by atoms with E-state index in [4.69, 9.17) is 25.5 Å². The molecule has 0 radical (unpaired) electrons. The predicted octanol–water partition coefficient (Wildman–Crippen LogP) is 4.06. The van der Waals surface area contributed by atoms with E-state index in [9.17, 15) is 4.79 Å². The molecule has 0 saturated carbocycles. The maximum Gasteiger partial charge on any atom is 0.322 e. The largest absolute Gasteiger partial charge is 0.493 e. The highest BCUT2D eigenvalue weighted by atomic mass is 35.5. The summed E-state index contributed by atoms with van der Waals surface area (Å²) in [7, 11) is 3.08. The number of ether oxygens (including phenoxy) is 2. The van der Waals surface area contributed by atoms with Gasteiger partial charge in [0.1, 0.15) is 0 Å². The maximum absolute atomic E-state index is 12.0. The Kier molecular flexibility index (Phi) is 5.73. The Hall–Kier alpha value is -3.32. The van der Waals surface area contributed by atoms with Crippen molar-refractivity contribution >= 4 is 29.6 Å². The van der Waals surface area contributed by atoms with Gasteiger partial charge in [0.25, 0.3) is 5.91 Å². The smallest absolute Gasteiger partial charge is 0.322 e. The summed E-state index contributed by atoms with van der Waals surface area (Å²) in [6.07, 6.45) is 2.94. The number of rotatable bonds is 6. The first-order valence-electron chi connectivity index (χ1n) is 7.90. The Bertz CT molecular complexity index is 985. The number of amides is 1. The molecule has 1 amide bonds. The van der Waals surface area contributed by atoms with E-state index in [-0.39, 0.29) is 11.9 Å². The van der Waals surface area contributed by atoms with E-state index in [0.717, 1.165) is 5.56 Å². The molecular weight excluding hydrogens is 370 g/mol. The number of benzene rings is 2. The van der Waals surface area contributed by atoms with Gasteiger partial charge in [-0.25, -0.2) is 0 Å². The fourth-order valence-corrected chi connectivity index (χ4v) is 2.48. The third-order valence-corrected chi connectivity index (χ3v) is 3.95. The molecule has 0 bridgehead atoms. The van der Waals surface area contributed by atoms with Crippen molar-refractivity contribution in [2.24, 2.45) is 0 Å². The SMILES string of the molecule is COc1ccc(-c2nnc(NC(=O)/C=C/c3ccccc3Cl)o2)cc1OC. The minimum atomic E-state index is -0.419. The third kappa shape index (κ3) is 4.45. The second-order valence-electron chi connectivity index (χ2n) is 5.33. The van der Waals surface area contributed by atoms with Crippen molar-refractivity contribution in [2.75, 3.05) is 19.5 Å². The van der Waals surface area contributed by atoms with Gasteiger partial charge in [-0.15, -0.1) is 5.10 Å². The molecule has 1 aromatic heterocycles. The normalized spacial score (nSPS) is 10.8. The van der Waals surface area contributed by atoms with Gasteiger partial charge >= 0.3 is 6.01 Å². The summed E-state index contributed by atoms with van der Waals surface area (Å²) in [6, 6.07) is 12.3. The van der Waals surface area contributed by atoms with Crippen LogP contribution in [0.1, 0.15) is 5.56 Å². The minimum absolute atomic E-state index is 0.0198. The Morgan fingerprint density at radius 2 is 1.89 bits per heavy atom. The lowest BCUT2D eigenvalue weighted by Gasteiger charge is -2.07. The van der Waals surface area contributed by atoms with Gasteiger partial charge < -0.3 is 13.9 Å². The molecule has 0 fully saturated rings. The Morgan fingerprint density at radius 3 is 2.63 bits per heavy atom. The molecule has 0 aliphatic rings. The van der Waals surface area contributed by atoms with Crippen LogP contribution in [0.4, 0.5) is 6.01 Å². The van der Waals surface area contributed by atoms with Crippen LogP contribution in [-0.2, 0) is 4.79 Å². The van der Waals surface area contributed by atoms with Crippen molar-refractivity contribution in [2.45, 2.75) is 0 Å². The second-order valence-corrected chi connectivity index (χ2v) is 5.73. The second kappa shape index (κ2) is 8.37. The molecule has 0 spiro atoms. The van der Waals surface area contributed by atoms with Crippen LogP contribution in [-0.4, -0.2) is 30.3 Å². The third-order valence-electron chi connectivity index (χ3n) is 3.61. The molecule has 8 heteroatoms. The number of hydrogen-bond donors (Lipinski definition) is 1. The van der Waals surface area contributed by atoms with E-state index in [2.05, 4.69) is 15.5 Å². The van der Waals surface area contributed by atoms with Gasteiger partial charge in [0.05, 0.1) is 14.2 Å². The van der Waals surface area contributed by atoms with E-state index < -0.39 is 5.91 Å². The lowest BCUT2D eigenvalue weighted by atomic mass is 10.2. The number of nitrogens with zero attached hydrogens (tertiary/aromatic N) is 2. The average molecular weight is 386 g/mol. The van der Waals surface area contributed by atoms with E-state index >= 15 is 0 Å². The van der Waals surface area contributed by atoms with Crippen molar-refractivity contribution in [1.29, 1.82) is 0 Å². The molecule has 0 unspecified atom stereocenters. The lowest BCUT2D eigenvalue weighted by molar-refractivity contribution is -0.112. The van der Waals surface area contributed by atoms with Gasteiger partial charge in [-0.1, -0.05) is 34.9 Å². The molecular formula is C19H16ClN3O4. The number of methoxy groups -OCH3 is 2. The Labute approximate surface area is 160 Å². The molecule has 138 valence electrons. The summed E-state index contributed by atoms with van der Waals surface area (Å²) in [5.41, 5.74) is 1.36. The van der Waals surface area contributed by atoms with E-state index in [0.29, 0.717) is 22.1 Å². The molecule has 2 aromatic carbocycles. The van der Waals surface area contributed by atoms with Crippen molar-refractivity contribution in [3.63, 3.8) is 0 Å². The molecule has 0 saturated heterocycles. The first kappa shape index (κ1) is 18.5. The lowest BCUT2D eigenvalue weighted by Crippen LogP contribution is -2.07. The molecule has 0 atom stereocenters. The molecule has 1 heterocycles. The zero-order chi connectivity index (χ0) is 19.2. The number of anilines is 1. The van der Waals surface area contributed by atoms with Gasteiger partial charge in [-0.05, 0) is 35.9 Å². The van der Waals surface area contributed by atoms with Crippen LogP contribution in [0, 0.1) is 0 Å². The quantitative estimate of drug-likeness (QED) is 0.644. The van der Waals surface area contributed by atoms with Crippen molar-refractivity contribution < 1.29 is 18.7 Å². The molecule has 0 aliphatic carbocycles. The van der Waals surface area contributed by atoms with Crippen LogP contribution < -0.4 is 14.8 Å². The summed E-state index contributed by atoms with van der Waals surface area (Å²) in [4.78, 5) is 12.0. The Balaban J connectivity index is 1.71. The summed E-state index contributed by atoms with van der Waals surface area (Å²) in [5.74, 6) is 0.930. The van der Waals surface area contributed by atoms with Crippen LogP contribution in [0.3, 0.4) is 0 Å². The number of hydrogen-bond acceptors (Lipinski definition) is 6. The fourth-order valence-electron chi connectivity index (χ4n) is 2.28. The highest BCUT2D eigenvalue weighted by Gasteiger charge is 2.13. The first-order valence-corrected chi connectivity index (χ1v) is 8.28. The van der Waals surface area contributed by atoms with Gasteiger partial charge in [-0.2, -0.15) is 0 Å². The van der Waals surface area contributed by atoms with Gasteiger partial charge in [0.15, 0.2) is 11.5 Å². The Morgan fingerprint density at radius 1 is 1.11 bits per heavy atom. The molecule has 27 heavy (non-hydrogen) atoms. The van der Waals surface area contributed by atoms with Gasteiger partial charge in [-0.3, -0.25) is 10.1 Å². The topological polar surface area (TPSA) is 86.5 Å².